The molecule has 0 aromatic carbocycles. The normalized spacial score (nSPS) is 15.2. The van der Waals surface area contributed by atoms with E-state index in [0.29, 0.717) is 25.3 Å². The van der Waals surface area contributed by atoms with E-state index in [1.165, 1.54) is 22.9 Å². The Morgan fingerprint density at radius 1 is 1.24 bits per heavy atom. The summed E-state index contributed by atoms with van der Waals surface area (Å²) in [4.78, 5) is 38.2. The fraction of sp³-hybridized carbons (Fsp3) is 0.588. The van der Waals surface area contributed by atoms with E-state index < -0.39 is 0 Å². The maximum atomic E-state index is 12.1. The maximum absolute atomic E-state index is 12.1. The third kappa shape index (κ3) is 6.32. The molecule has 1 aromatic rings. The predicted molar refractivity (Wildman–Crippen MR) is 93.6 cm³/mol. The zero-order valence-electron chi connectivity index (χ0n) is 14.8. The average molecular weight is 350 g/mol. The second-order valence-corrected chi connectivity index (χ2v) is 6.32. The number of rotatable bonds is 7. The number of hydrogen-bond donors (Lipinski definition) is 2. The zero-order chi connectivity index (χ0) is 18.2. The number of morpholine rings is 1. The second kappa shape index (κ2) is 9.33. The van der Waals surface area contributed by atoms with Crippen LogP contribution in [0.5, 0.6) is 0 Å². The van der Waals surface area contributed by atoms with Gasteiger partial charge >= 0.3 is 0 Å². The molecule has 1 aliphatic heterocycles. The summed E-state index contributed by atoms with van der Waals surface area (Å²) in [5, 5.41) is 5.56. The van der Waals surface area contributed by atoms with Gasteiger partial charge in [-0.05, 0) is 19.9 Å². The summed E-state index contributed by atoms with van der Waals surface area (Å²) < 4.78 is 6.52. The highest BCUT2D eigenvalue weighted by Crippen LogP contribution is 1.98. The average Bonchev–Trinajstić information content (AvgIpc) is 2.57. The molecule has 0 saturated carbocycles. The molecule has 0 unspecified atom stereocenters. The number of nitrogens with zero attached hydrogens (tertiary/aromatic N) is 2. The molecule has 2 heterocycles. The van der Waals surface area contributed by atoms with Gasteiger partial charge in [-0.3, -0.25) is 19.3 Å². The molecule has 0 bridgehead atoms. The van der Waals surface area contributed by atoms with Crippen molar-refractivity contribution in [2.75, 3.05) is 39.4 Å². The smallest absolute Gasteiger partial charge is 0.252 e. The summed E-state index contributed by atoms with van der Waals surface area (Å²) in [5.74, 6) is -0.520. The van der Waals surface area contributed by atoms with E-state index in [0.717, 1.165) is 19.6 Å². The number of aromatic nitrogens is 1. The number of hydrogen-bond acceptors (Lipinski definition) is 5. The molecule has 8 heteroatoms. The van der Waals surface area contributed by atoms with Gasteiger partial charge in [-0.25, -0.2) is 0 Å². The Kier molecular flexibility index (Phi) is 7.15. The molecular weight excluding hydrogens is 324 g/mol. The van der Waals surface area contributed by atoms with Crippen LogP contribution in [0.2, 0.25) is 0 Å². The number of carbonyl (C=O) groups excluding carboxylic acids is 2. The van der Waals surface area contributed by atoms with Gasteiger partial charge in [0.15, 0.2) is 0 Å². The Morgan fingerprint density at radius 3 is 2.64 bits per heavy atom. The van der Waals surface area contributed by atoms with Crippen molar-refractivity contribution >= 4 is 11.8 Å². The van der Waals surface area contributed by atoms with Crippen molar-refractivity contribution in [1.82, 2.24) is 20.1 Å². The first-order valence-corrected chi connectivity index (χ1v) is 8.54. The van der Waals surface area contributed by atoms with Gasteiger partial charge in [0.05, 0.1) is 18.8 Å². The summed E-state index contributed by atoms with van der Waals surface area (Å²) in [6.45, 7) is 8.03. The van der Waals surface area contributed by atoms with Crippen molar-refractivity contribution in [1.29, 1.82) is 0 Å². The molecule has 1 fully saturated rings. The van der Waals surface area contributed by atoms with Crippen LogP contribution >= 0.6 is 0 Å². The molecule has 25 heavy (non-hydrogen) atoms. The molecule has 0 atom stereocenters. The van der Waals surface area contributed by atoms with Gasteiger partial charge in [-0.1, -0.05) is 0 Å². The topological polar surface area (TPSA) is 92.7 Å². The van der Waals surface area contributed by atoms with Crippen molar-refractivity contribution in [3.63, 3.8) is 0 Å². The molecule has 2 N–H and O–H groups in total. The van der Waals surface area contributed by atoms with Crippen LogP contribution in [0, 0.1) is 0 Å². The van der Waals surface area contributed by atoms with Crippen LogP contribution < -0.4 is 16.2 Å². The molecule has 138 valence electrons. The van der Waals surface area contributed by atoms with Gasteiger partial charge in [0.2, 0.25) is 5.91 Å². The Hall–Kier alpha value is -2.19. The molecule has 0 radical (unpaired) electrons. The van der Waals surface area contributed by atoms with Crippen molar-refractivity contribution in [3.8, 4) is 0 Å². The Bertz CT molecular complexity index is 650. The lowest BCUT2D eigenvalue weighted by molar-refractivity contribution is -0.121. The van der Waals surface area contributed by atoms with Crippen molar-refractivity contribution < 1.29 is 14.3 Å². The molecule has 1 aliphatic rings. The van der Waals surface area contributed by atoms with E-state index in [2.05, 4.69) is 15.5 Å². The standard InChI is InChI=1S/C17H26N4O4/c1-13(2)19-17(24)14-3-4-16(23)21(11-14)12-15(22)18-5-6-20-7-9-25-10-8-20/h3-4,11,13H,5-10,12H2,1-2H3,(H,18,22)(H,19,24). The molecule has 2 amide bonds. The van der Waals surface area contributed by atoms with Crippen LogP contribution in [-0.2, 0) is 16.1 Å². The predicted octanol–water partition coefficient (Wildman–Crippen LogP) is -0.565. The molecule has 0 aliphatic carbocycles. The summed E-state index contributed by atoms with van der Waals surface area (Å²) in [6.07, 6.45) is 1.42. The van der Waals surface area contributed by atoms with Crippen molar-refractivity contribution in [2.45, 2.75) is 26.4 Å². The summed E-state index contributed by atoms with van der Waals surface area (Å²) in [6, 6.07) is 2.76. The monoisotopic (exact) mass is 350 g/mol. The lowest BCUT2D eigenvalue weighted by Gasteiger charge is -2.26. The van der Waals surface area contributed by atoms with Gasteiger partial charge < -0.3 is 19.9 Å². The number of nitrogens with one attached hydrogen (secondary N) is 2. The van der Waals surface area contributed by atoms with Crippen molar-refractivity contribution in [3.05, 3.63) is 34.2 Å². The SMILES string of the molecule is CC(C)NC(=O)c1ccc(=O)n(CC(=O)NCCN2CCOCC2)c1. The molecular formula is C17H26N4O4. The third-order valence-corrected chi connectivity index (χ3v) is 3.83. The number of ether oxygens (including phenoxy) is 1. The van der Waals surface area contributed by atoms with Gasteiger partial charge in [0.1, 0.15) is 6.54 Å². The highest BCUT2D eigenvalue weighted by Gasteiger charge is 2.12. The lowest BCUT2D eigenvalue weighted by atomic mass is 10.2. The van der Waals surface area contributed by atoms with Crippen LogP contribution in [0.1, 0.15) is 24.2 Å². The highest BCUT2D eigenvalue weighted by molar-refractivity contribution is 5.94. The van der Waals surface area contributed by atoms with E-state index in [9.17, 15) is 14.4 Å². The van der Waals surface area contributed by atoms with Gasteiger partial charge in [0.25, 0.3) is 11.5 Å². The summed E-state index contributed by atoms with van der Waals surface area (Å²) >= 11 is 0. The first-order chi connectivity index (χ1) is 12.0. The van der Waals surface area contributed by atoms with E-state index in [4.69, 9.17) is 4.74 Å². The molecule has 1 saturated heterocycles. The molecule has 8 nitrogen and oxygen atoms in total. The minimum atomic E-state index is -0.315. The summed E-state index contributed by atoms with van der Waals surface area (Å²) in [7, 11) is 0. The summed E-state index contributed by atoms with van der Waals surface area (Å²) in [5.41, 5.74) is 0.0406. The van der Waals surface area contributed by atoms with E-state index >= 15 is 0 Å². The molecule has 1 aromatic heterocycles. The highest BCUT2D eigenvalue weighted by atomic mass is 16.5. The number of pyridine rings is 1. The van der Waals surface area contributed by atoms with Gasteiger partial charge in [-0.2, -0.15) is 0 Å². The number of carbonyl (C=O) groups is 2. The zero-order valence-corrected chi connectivity index (χ0v) is 14.8. The first kappa shape index (κ1) is 19.1. The van der Waals surface area contributed by atoms with E-state index in [1.54, 1.807) is 0 Å². The molecule has 0 spiro atoms. The minimum Gasteiger partial charge on any atom is -0.379 e. The van der Waals surface area contributed by atoms with Crippen LogP contribution in [0.25, 0.3) is 0 Å². The van der Waals surface area contributed by atoms with E-state index in [1.807, 2.05) is 13.8 Å². The third-order valence-electron chi connectivity index (χ3n) is 3.83. The second-order valence-electron chi connectivity index (χ2n) is 6.32. The maximum Gasteiger partial charge on any atom is 0.252 e. The Balaban J connectivity index is 1.86. The van der Waals surface area contributed by atoms with Crippen LogP contribution in [0.15, 0.2) is 23.1 Å². The largest absolute Gasteiger partial charge is 0.379 e. The fourth-order valence-electron chi connectivity index (χ4n) is 2.52. The lowest BCUT2D eigenvalue weighted by Crippen LogP contribution is -2.42. The van der Waals surface area contributed by atoms with Crippen LogP contribution in [0.3, 0.4) is 0 Å². The number of amides is 2. The van der Waals surface area contributed by atoms with Gasteiger partial charge in [0, 0.05) is 44.5 Å². The Labute approximate surface area is 147 Å². The molecule has 2 rings (SSSR count). The fourth-order valence-corrected chi connectivity index (χ4v) is 2.52. The van der Waals surface area contributed by atoms with E-state index in [-0.39, 0.29) is 30.0 Å². The Morgan fingerprint density at radius 2 is 1.96 bits per heavy atom. The van der Waals surface area contributed by atoms with Crippen LogP contribution in [-0.4, -0.2) is 66.7 Å². The van der Waals surface area contributed by atoms with Crippen LogP contribution in [0.4, 0.5) is 0 Å². The first-order valence-electron chi connectivity index (χ1n) is 8.54. The van der Waals surface area contributed by atoms with Gasteiger partial charge in [-0.15, -0.1) is 0 Å². The van der Waals surface area contributed by atoms with Crippen molar-refractivity contribution in [2.24, 2.45) is 0 Å². The minimum absolute atomic E-state index is 0.00337. The quantitative estimate of drug-likeness (QED) is 0.687.